The molecule has 2 heterocycles. The first kappa shape index (κ1) is 113. The molecule has 123 heavy (non-hydrogen) atoms. The van der Waals surface area contributed by atoms with Crippen LogP contribution in [-0.4, -0.2) is 199 Å². The maximum absolute atomic E-state index is 13.9. The van der Waals surface area contributed by atoms with Crippen LogP contribution in [0.25, 0.3) is 0 Å². The number of piperidine rings is 1. The Kier molecular flexibility index (Phi) is 53.3. The molecule has 0 aromatic carbocycles. The summed E-state index contributed by atoms with van der Waals surface area (Å²) in [5.41, 5.74) is -2.19. The van der Waals surface area contributed by atoms with Gasteiger partial charge in [0.05, 0.1) is 25.4 Å². The van der Waals surface area contributed by atoms with Gasteiger partial charge in [-0.05, 0) is 287 Å². The van der Waals surface area contributed by atoms with Crippen LogP contribution in [0, 0.1) is 35.5 Å². The number of nitrogens with one attached hydrogen (secondary N) is 1. The quantitative estimate of drug-likeness (QED) is 0.0327. The van der Waals surface area contributed by atoms with Gasteiger partial charge in [0.1, 0.15) is 33.6 Å². The lowest BCUT2D eigenvalue weighted by molar-refractivity contribution is -0.168. The smallest absolute Gasteiger partial charge is 0.411 e. The summed E-state index contributed by atoms with van der Waals surface area (Å²) in [5, 5.41) is 29.2. The van der Waals surface area contributed by atoms with Gasteiger partial charge in [-0.1, -0.05) is 209 Å². The third-order valence-electron chi connectivity index (χ3n) is 26.7. The fourth-order valence-corrected chi connectivity index (χ4v) is 20.5. The summed E-state index contributed by atoms with van der Waals surface area (Å²) in [6, 6.07) is -0.0511. The molecule has 1 atom stereocenters. The summed E-state index contributed by atoms with van der Waals surface area (Å²) in [4.78, 5) is 83.1. The molecule has 0 radical (unpaired) electrons. The van der Waals surface area contributed by atoms with Crippen LogP contribution in [0.2, 0.25) is 0 Å². The van der Waals surface area contributed by atoms with Crippen LogP contribution < -0.4 is 5.32 Å². The molecule has 10 aliphatic rings. The largest absolute Gasteiger partial charge is 0.444 e. The van der Waals surface area contributed by atoms with E-state index in [2.05, 4.69) is 65.6 Å². The van der Waals surface area contributed by atoms with Gasteiger partial charge in [-0.25, -0.2) is 28.8 Å². The summed E-state index contributed by atoms with van der Waals surface area (Å²) in [7, 11) is 0. The Hall–Kier alpha value is -4.50. The Morgan fingerprint density at radius 2 is 0.691 bits per heavy atom. The van der Waals surface area contributed by atoms with Gasteiger partial charge >= 0.3 is 36.6 Å². The SMILES string of the molecule is CC(C)(C)OC(=O)N(C12CC3CC(CC(C3)C1)C2)C12CC3CC(CC(C3)C1)C2.CC(C)(C)OC(=O)N1CCCC1CO.CC(C)(C)OC(=O)NCCO.CCC(CC)(CC)OC(=O)N1CCC(O)CC1.CCCCCCCCCCN(CCCCCCCCCC)C(=O)OC(C)(C)CC.CCCCCCCCN(CCCCCCCC)C(=O)OC(C)(C)C. The lowest BCUT2D eigenvalue weighted by Gasteiger charge is -2.68. The van der Waals surface area contributed by atoms with Crippen LogP contribution in [0.4, 0.5) is 28.8 Å². The molecular formula is C102H194N6O15. The minimum Gasteiger partial charge on any atom is -0.444 e. The minimum absolute atomic E-state index is 0.0270. The molecule has 10 fully saturated rings. The van der Waals surface area contributed by atoms with Gasteiger partial charge < -0.3 is 68.7 Å². The van der Waals surface area contributed by atoms with Crippen molar-refractivity contribution in [2.24, 2.45) is 35.5 Å². The van der Waals surface area contributed by atoms with E-state index in [1.807, 2.05) is 86.0 Å². The van der Waals surface area contributed by atoms with Crippen LogP contribution in [-0.2, 0) is 28.4 Å². The highest BCUT2D eigenvalue weighted by Gasteiger charge is 2.64. The van der Waals surface area contributed by atoms with Crippen molar-refractivity contribution >= 4 is 36.6 Å². The Labute approximate surface area is 753 Å². The van der Waals surface area contributed by atoms with E-state index >= 15 is 0 Å². The van der Waals surface area contributed by atoms with Crippen molar-refractivity contribution in [1.82, 2.24) is 29.8 Å². The van der Waals surface area contributed by atoms with Crippen molar-refractivity contribution in [2.45, 2.75) is 517 Å². The maximum Gasteiger partial charge on any atom is 0.411 e. The maximum atomic E-state index is 13.9. The first-order valence-corrected chi connectivity index (χ1v) is 50.9. The molecule has 8 bridgehead atoms. The predicted molar refractivity (Wildman–Crippen MR) is 503 cm³/mol. The molecule has 4 N–H and O–H groups in total. The molecule has 10 rings (SSSR count). The van der Waals surface area contributed by atoms with Crippen molar-refractivity contribution < 1.29 is 72.5 Å². The zero-order valence-electron chi connectivity index (χ0n) is 83.6. The average molecular weight is 1740 g/mol. The number of aliphatic hydroxyl groups is 3. The second kappa shape index (κ2) is 58.2. The van der Waals surface area contributed by atoms with E-state index < -0.39 is 28.5 Å². The Morgan fingerprint density at radius 1 is 0.374 bits per heavy atom. The van der Waals surface area contributed by atoms with E-state index in [0.717, 1.165) is 126 Å². The number of carbonyl (C=O) groups is 6. The molecule has 2 saturated heterocycles. The summed E-state index contributed by atoms with van der Waals surface area (Å²) < 4.78 is 33.3. The van der Waals surface area contributed by atoms with Crippen LogP contribution in [0.3, 0.4) is 0 Å². The molecule has 6 amide bonds. The number of nitrogens with zero attached hydrogens (tertiary/aromatic N) is 5. The Balaban J connectivity index is 0.000000392. The lowest BCUT2D eigenvalue weighted by Crippen LogP contribution is -2.72. The topological polar surface area (TPSA) is 247 Å². The second-order valence-electron chi connectivity index (χ2n) is 43.2. The Bertz CT molecular complexity index is 2690. The zero-order chi connectivity index (χ0) is 91.9. The fraction of sp³-hybridized carbons (Fsp3) is 0.941. The normalized spacial score (nSPS) is 22.6. The molecule has 8 aliphatic carbocycles. The molecule has 1 unspecified atom stereocenters. The summed E-state index contributed by atoms with van der Waals surface area (Å²) in [6.07, 6.45) is 57.0. The third-order valence-corrected chi connectivity index (χ3v) is 26.7. The molecule has 722 valence electrons. The summed E-state index contributed by atoms with van der Waals surface area (Å²) in [5.74, 6) is 5.19. The highest BCUT2D eigenvalue weighted by atomic mass is 16.6. The summed E-state index contributed by atoms with van der Waals surface area (Å²) >= 11 is 0. The highest BCUT2D eigenvalue weighted by Crippen LogP contribution is 2.65. The van der Waals surface area contributed by atoms with Gasteiger partial charge in [0.2, 0.25) is 0 Å². The van der Waals surface area contributed by atoms with E-state index in [9.17, 15) is 33.9 Å². The van der Waals surface area contributed by atoms with Gasteiger partial charge in [-0.15, -0.1) is 0 Å². The second-order valence-corrected chi connectivity index (χ2v) is 43.2. The van der Waals surface area contributed by atoms with Crippen molar-refractivity contribution in [2.75, 3.05) is 65.6 Å². The van der Waals surface area contributed by atoms with Crippen molar-refractivity contribution in [1.29, 1.82) is 0 Å². The number of likely N-dealkylation sites (tertiary alicyclic amines) is 2. The van der Waals surface area contributed by atoms with Crippen molar-refractivity contribution in [3.05, 3.63) is 0 Å². The first-order valence-electron chi connectivity index (χ1n) is 50.9. The Morgan fingerprint density at radius 3 is 0.992 bits per heavy atom. The van der Waals surface area contributed by atoms with Crippen LogP contribution in [0.5, 0.6) is 0 Å². The monoisotopic (exact) mass is 1740 g/mol. The van der Waals surface area contributed by atoms with Gasteiger partial charge in [-0.2, -0.15) is 0 Å². The molecule has 0 spiro atoms. The van der Waals surface area contributed by atoms with E-state index in [-0.39, 0.29) is 84.7 Å². The molecule has 21 heteroatoms. The number of alkyl carbamates (subject to hydrolysis) is 1. The van der Waals surface area contributed by atoms with E-state index in [0.29, 0.717) is 32.5 Å². The number of aliphatic hydroxyl groups excluding tert-OH is 3. The van der Waals surface area contributed by atoms with Crippen LogP contribution in [0.15, 0.2) is 0 Å². The molecule has 8 saturated carbocycles. The number of amides is 6. The number of hydrogen-bond acceptors (Lipinski definition) is 15. The van der Waals surface area contributed by atoms with E-state index in [1.165, 1.54) is 231 Å². The van der Waals surface area contributed by atoms with E-state index in [1.54, 1.807) is 30.6 Å². The van der Waals surface area contributed by atoms with Gasteiger partial charge in [0.15, 0.2) is 0 Å². The van der Waals surface area contributed by atoms with Crippen molar-refractivity contribution in [3.63, 3.8) is 0 Å². The zero-order valence-corrected chi connectivity index (χ0v) is 83.6. The van der Waals surface area contributed by atoms with E-state index in [4.69, 9.17) is 38.6 Å². The molecule has 2 aliphatic heterocycles. The van der Waals surface area contributed by atoms with Crippen LogP contribution >= 0.6 is 0 Å². The number of carbonyl (C=O) groups excluding carboxylic acids is 6. The van der Waals surface area contributed by atoms with Gasteiger partial charge in [-0.3, -0.25) is 4.90 Å². The molecule has 0 aromatic rings. The number of rotatable bonds is 43. The standard InChI is InChI=1S/C26H53NO2.C25H39NO2.C21H43NO2.C13H25NO3.C10H19NO3.C7H15NO3/c1-6-9-11-13-15-17-19-21-23-27(25(28)29-26(4,5)8-3)24-22-20-18-16-14-12-10-7-2;1-23(2,3)28-22(27)26(24-10-16-4-17(11-24)6-18(5-16)12-24)25-13-19-7-20(14-25)9-21(8-19)15-25;1-6-8-10-12-14-16-18-22(20(23)24-21(3,4)5)19-17-15-13-11-9-7-2;1-4-13(5-2,6-3)17-12(16)14-9-7-11(15)8-10-14;1-10(2,3)14-9(13)11-6-4-5-8(11)7-12;1-7(2,3)11-6(10)8-4-5-9/h6-24H2,1-5H3;16-21H,4-15H2,1-3H3;6-19H2,1-5H3;11,15H,4-10H2,1-3H3;8,12H,4-7H2,1-3H3;9H,4-5H2,1-3H3,(H,8,10). The molecule has 0 aromatic heterocycles. The summed E-state index contributed by atoms with van der Waals surface area (Å²) in [6.45, 7) is 49.6. The van der Waals surface area contributed by atoms with Crippen molar-refractivity contribution in [3.8, 4) is 0 Å². The van der Waals surface area contributed by atoms with Gasteiger partial charge in [0.25, 0.3) is 0 Å². The predicted octanol–water partition coefficient (Wildman–Crippen LogP) is 26.4. The lowest BCUT2D eigenvalue weighted by atomic mass is 9.48. The molecular weight excluding hydrogens is 1550 g/mol. The first-order chi connectivity index (χ1) is 58.0. The average Bonchev–Trinajstić information content (AvgIpc) is 0.976. The highest BCUT2D eigenvalue weighted by molar-refractivity contribution is 5.72. The number of ether oxygens (including phenoxy) is 6. The van der Waals surface area contributed by atoms with Gasteiger partial charge in [0, 0.05) is 63.4 Å². The minimum atomic E-state index is -0.494. The third kappa shape index (κ3) is 45.6. The number of unbranched alkanes of at least 4 members (excludes halogenated alkanes) is 24. The molecule has 21 nitrogen and oxygen atoms in total. The number of hydrogen-bond donors (Lipinski definition) is 4. The van der Waals surface area contributed by atoms with Crippen LogP contribution in [0.1, 0.15) is 461 Å². The fourth-order valence-electron chi connectivity index (χ4n) is 20.5.